The quantitative estimate of drug-likeness (QED) is 0.878. The number of carbonyl (C=O) groups is 1. The normalized spacial score (nSPS) is 22.9. The van der Waals surface area contributed by atoms with E-state index in [0.29, 0.717) is 19.6 Å². The summed E-state index contributed by atoms with van der Waals surface area (Å²) >= 11 is 0. The monoisotopic (exact) mass is 278 g/mol. The van der Waals surface area contributed by atoms with Crippen molar-refractivity contribution in [1.29, 1.82) is 0 Å². The maximum absolute atomic E-state index is 12.0. The van der Waals surface area contributed by atoms with Crippen molar-refractivity contribution in [3.8, 4) is 5.75 Å². The molecule has 2 rings (SSSR count). The SMILES string of the molecule is COc1ccccc1CN1CC(C)(CCN)OCC1=O. The Balaban J connectivity index is 2.12. The van der Waals surface area contributed by atoms with E-state index in [1.807, 2.05) is 36.1 Å². The Morgan fingerprint density at radius 2 is 2.20 bits per heavy atom. The molecule has 1 aromatic rings. The van der Waals surface area contributed by atoms with E-state index in [9.17, 15) is 4.79 Å². The van der Waals surface area contributed by atoms with Crippen molar-refractivity contribution in [2.24, 2.45) is 5.73 Å². The Kier molecular flexibility index (Phi) is 4.62. The van der Waals surface area contributed by atoms with Crippen molar-refractivity contribution in [3.05, 3.63) is 29.8 Å². The molecule has 0 saturated carbocycles. The van der Waals surface area contributed by atoms with Crippen LogP contribution in [0.5, 0.6) is 5.75 Å². The summed E-state index contributed by atoms with van der Waals surface area (Å²) in [6, 6.07) is 7.74. The second-order valence-electron chi connectivity index (χ2n) is 5.34. The Morgan fingerprint density at radius 1 is 1.45 bits per heavy atom. The maximum Gasteiger partial charge on any atom is 0.249 e. The summed E-state index contributed by atoms with van der Waals surface area (Å²) in [7, 11) is 1.64. The molecule has 1 aromatic carbocycles. The highest BCUT2D eigenvalue weighted by Crippen LogP contribution is 2.25. The number of amides is 1. The van der Waals surface area contributed by atoms with Gasteiger partial charge in [-0.15, -0.1) is 0 Å². The van der Waals surface area contributed by atoms with Crippen LogP contribution < -0.4 is 10.5 Å². The van der Waals surface area contributed by atoms with E-state index in [0.717, 1.165) is 17.7 Å². The third kappa shape index (κ3) is 3.29. The minimum Gasteiger partial charge on any atom is -0.496 e. The van der Waals surface area contributed by atoms with E-state index in [1.54, 1.807) is 7.11 Å². The van der Waals surface area contributed by atoms with Gasteiger partial charge < -0.3 is 20.1 Å². The number of morpholine rings is 1. The number of para-hydroxylation sites is 1. The van der Waals surface area contributed by atoms with E-state index in [4.69, 9.17) is 15.2 Å². The molecule has 2 N–H and O–H groups in total. The number of nitrogens with two attached hydrogens (primary N) is 1. The predicted molar refractivity (Wildman–Crippen MR) is 76.4 cm³/mol. The van der Waals surface area contributed by atoms with E-state index < -0.39 is 0 Å². The first kappa shape index (κ1) is 14.8. The summed E-state index contributed by atoms with van der Waals surface area (Å²) in [5.74, 6) is 0.803. The molecule has 20 heavy (non-hydrogen) atoms. The Labute approximate surface area is 119 Å². The van der Waals surface area contributed by atoms with Crippen LogP contribution in [-0.4, -0.2) is 43.2 Å². The topological polar surface area (TPSA) is 64.8 Å². The zero-order chi connectivity index (χ0) is 14.6. The highest BCUT2D eigenvalue weighted by molar-refractivity contribution is 5.78. The first-order valence-electron chi connectivity index (χ1n) is 6.82. The van der Waals surface area contributed by atoms with Gasteiger partial charge in [0, 0.05) is 18.7 Å². The molecule has 0 spiro atoms. The van der Waals surface area contributed by atoms with Gasteiger partial charge in [-0.1, -0.05) is 18.2 Å². The zero-order valence-electron chi connectivity index (χ0n) is 12.1. The van der Waals surface area contributed by atoms with E-state index in [-0.39, 0.29) is 18.1 Å². The van der Waals surface area contributed by atoms with E-state index in [2.05, 4.69) is 0 Å². The molecular formula is C15H22N2O3. The molecule has 0 aliphatic carbocycles. The molecule has 0 aromatic heterocycles. The number of nitrogens with zero attached hydrogens (tertiary/aromatic N) is 1. The lowest BCUT2D eigenvalue weighted by molar-refractivity contribution is -0.162. The highest BCUT2D eigenvalue weighted by Gasteiger charge is 2.35. The van der Waals surface area contributed by atoms with Gasteiger partial charge in [0.2, 0.25) is 5.91 Å². The highest BCUT2D eigenvalue weighted by atomic mass is 16.5. The third-order valence-corrected chi connectivity index (χ3v) is 3.65. The van der Waals surface area contributed by atoms with Gasteiger partial charge in [0.05, 0.1) is 12.7 Å². The standard InChI is InChI=1S/C15H22N2O3/c1-15(7-8-16)11-17(14(18)10-20-15)9-12-5-3-4-6-13(12)19-2/h3-6H,7-11,16H2,1-2H3. The molecule has 1 fully saturated rings. The van der Waals surface area contributed by atoms with Gasteiger partial charge in [-0.2, -0.15) is 0 Å². The summed E-state index contributed by atoms with van der Waals surface area (Å²) in [5.41, 5.74) is 6.26. The van der Waals surface area contributed by atoms with E-state index >= 15 is 0 Å². The Morgan fingerprint density at radius 3 is 2.90 bits per heavy atom. The van der Waals surface area contributed by atoms with Crippen molar-refractivity contribution in [1.82, 2.24) is 4.90 Å². The summed E-state index contributed by atoms with van der Waals surface area (Å²) in [6.45, 7) is 3.76. The van der Waals surface area contributed by atoms with Gasteiger partial charge in [0.15, 0.2) is 0 Å². The molecule has 1 aliphatic heterocycles. The summed E-state index contributed by atoms with van der Waals surface area (Å²) in [6.07, 6.45) is 0.739. The second-order valence-corrected chi connectivity index (χ2v) is 5.34. The molecular weight excluding hydrogens is 256 g/mol. The lowest BCUT2D eigenvalue weighted by Gasteiger charge is -2.40. The number of methoxy groups -OCH3 is 1. The Bertz CT molecular complexity index is 478. The molecule has 110 valence electrons. The molecule has 1 heterocycles. The fourth-order valence-electron chi connectivity index (χ4n) is 2.50. The largest absolute Gasteiger partial charge is 0.496 e. The van der Waals surface area contributed by atoms with Gasteiger partial charge >= 0.3 is 0 Å². The van der Waals surface area contributed by atoms with Crippen molar-refractivity contribution in [2.45, 2.75) is 25.5 Å². The maximum atomic E-state index is 12.0. The third-order valence-electron chi connectivity index (χ3n) is 3.65. The number of carbonyl (C=O) groups excluding carboxylic acids is 1. The van der Waals surface area contributed by atoms with Crippen LogP contribution in [0, 0.1) is 0 Å². The summed E-state index contributed by atoms with van der Waals surface area (Å²) < 4.78 is 11.0. The minimum atomic E-state index is -0.356. The molecule has 0 bridgehead atoms. The number of ether oxygens (including phenoxy) is 2. The van der Waals surface area contributed by atoms with Crippen LogP contribution in [0.3, 0.4) is 0 Å². The molecule has 1 atom stereocenters. The van der Waals surface area contributed by atoms with Gasteiger partial charge in [0.1, 0.15) is 12.4 Å². The van der Waals surface area contributed by atoms with Gasteiger partial charge in [-0.05, 0) is 26.0 Å². The number of rotatable bonds is 5. The zero-order valence-corrected chi connectivity index (χ0v) is 12.1. The summed E-state index contributed by atoms with van der Waals surface area (Å²) in [5, 5.41) is 0. The molecule has 1 saturated heterocycles. The molecule has 1 aliphatic rings. The van der Waals surface area contributed by atoms with Gasteiger partial charge in [-0.3, -0.25) is 4.79 Å². The average molecular weight is 278 g/mol. The first-order chi connectivity index (χ1) is 9.58. The lowest BCUT2D eigenvalue weighted by atomic mass is 9.99. The fraction of sp³-hybridized carbons (Fsp3) is 0.533. The first-order valence-corrected chi connectivity index (χ1v) is 6.82. The molecule has 1 unspecified atom stereocenters. The minimum absolute atomic E-state index is 0.00500. The predicted octanol–water partition coefficient (Wildman–Crippen LogP) is 1.16. The fourth-order valence-corrected chi connectivity index (χ4v) is 2.50. The van der Waals surface area contributed by atoms with Crippen molar-refractivity contribution < 1.29 is 14.3 Å². The van der Waals surface area contributed by atoms with Crippen LogP contribution in [0.4, 0.5) is 0 Å². The van der Waals surface area contributed by atoms with Gasteiger partial charge in [-0.25, -0.2) is 0 Å². The van der Waals surface area contributed by atoms with Crippen molar-refractivity contribution >= 4 is 5.91 Å². The summed E-state index contributed by atoms with van der Waals surface area (Å²) in [4.78, 5) is 13.8. The smallest absolute Gasteiger partial charge is 0.249 e. The lowest BCUT2D eigenvalue weighted by Crippen LogP contribution is -2.53. The van der Waals surface area contributed by atoms with Crippen molar-refractivity contribution in [3.63, 3.8) is 0 Å². The number of hydrogen-bond donors (Lipinski definition) is 1. The Hall–Kier alpha value is -1.59. The van der Waals surface area contributed by atoms with Gasteiger partial charge in [0.25, 0.3) is 0 Å². The molecule has 5 nitrogen and oxygen atoms in total. The van der Waals surface area contributed by atoms with Crippen LogP contribution in [0.2, 0.25) is 0 Å². The molecule has 1 amide bonds. The van der Waals surface area contributed by atoms with Crippen LogP contribution in [-0.2, 0) is 16.1 Å². The molecule has 0 radical (unpaired) electrons. The van der Waals surface area contributed by atoms with Crippen LogP contribution in [0.1, 0.15) is 18.9 Å². The van der Waals surface area contributed by atoms with Crippen molar-refractivity contribution in [2.75, 3.05) is 26.8 Å². The van der Waals surface area contributed by atoms with Crippen LogP contribution in [0.15, 0.2) is 24.3 Å². The number of benzene rings is 1. The molecule has 5 heteroatoms. The number of hydrogen-bond acceptors (Lipinski definition) is 4. The average Bonchev–Trinajstić information content (AvgIpc) is 2.44. The van der Waals surface area contributed by atoms with E-state index in [1.165, 1.54) is 0 Å². The van der Waals surface area contributed by atoms with Crippen LogP contribution in [0.25, 0.3) is 0 Å². The van der Waals surface area contributed by atoms with Crippen LogP contribution >= 0.6 is 0 Å². The second kappa shape index (κ2) is 6.24.